The lowest BCUT2D eigenvalue weighted by Crippen LogP contribution is -2.56. The molecule has 3 nitrogen and oxygen atoms in total. The average Bonchev–Trinajstić information content (AvgIpc) is 2.32. The van der Waals surface area contributed by atoms with Crippen LogP contribution in [0.1, 0.15) is 40.0 Å². The molecule has 1 aliphatic carbocycles. The summed E-state index contributed by atoms with van der Waals surface area (Å²) in [5, 5.41) is 0. The Hall–Kier alpha value is -0.120. The second kappa shape index (κ2) is 5.68. The number of nitrogens with two attached hydrogens (primary N) is 1. The maximum Gasteiger partial charge on any atom is 0.0674 e. The van der Waals surface area contributed by atoms with Gasteiger partial charge in [-0.3, -0.25) is 4.90 Å². The van der Waals surface area contributed by atoms with E-state index in [4.69, 9.17) is 10.5 Å². The van der Waals surface area contributed by atoms with E-state index in [0.29, 0.717) is 24.1 Å². The first-order valence-electron chi connectivity index (χ1n) is 7.19. The van der Waals surface area contributed by atoms with Crippen molar-refractivity contribution >= 4 is 0 Å². The van der Waals surface area contributed by atoms with Gasteiger partial charge in [0.05, 0.1) is 12.7 Å². The van der Waals surface area contributed by atoms with Gasteiger partial charge >= 0.3 is 0 Å². The predicted octanol–water partition coefficient (Wildman–Crippen LogP) is 1.86. The normalized spacial score (nSPS) is 44.8. The molecule has 2 N–H and O–H groups in total. The van der Waals surface area contributed by atoms with Gasteiger partial charge in [0.15, 0.2) is 0 Å². The number of rotatable bonds is 2. The Kier molecular flexibility index (Phi) is 4.45. The molecule has 100 valence electrons. The summed E-state index contributed by atoms with van der Waals surface area (Å²) in [6.45, 7) is 9.66. The zero-order chi connectivity index (χ0) is 12.4. The Balaban J connectivity index is 2.05. The molecule has 1 saturated heterocycles. The fourth-order valence-electron chi connectivity index (χ4n) is 3.49. The van der Waals surface area contributed by atoms with Crippen molar-refractivity contribution in [3.63, 3.8) is 0 Å². The third-order valence-corrected chi connectivity index (χ3v) is 4.60. The molecular weight excluding hydrogens is 212 g/mol. The minimum atomic E-state index is 0.377. The maximum atomic E-state index is 5.97. The smallest absolute Gasteiger partial charge is 0.0674 e. The predicted molar refractivity (Wildman–Crippen MR) is 70.9 cm³/mol. The van der Waals surface area contributed by atoms with Gasteiger partial charge in [-0.05, 0) is 45.1 Å². The van der Waals surface area contributed by atoms with E-state index in [2.05, 4.69) is 25.7 Å². The van der Waals surface area contributed by atoms with Crippen LogP contribution < -0.4 is 5.73 Å². The summed E-state index contributed by atoms with van der Waals surface area (Å²) >= 11 is 0. The molecule has 0 amide bonds. The van der Waals surface area contributed by atoms with E-state index in [1.54, 1.807) is 0 Å². The molecule has 0 radical (unpaired) electrons. The second-order valence-electron chi connectivity index (χ2n) is 6.17. The first-order chi connectivity index (χ1) is 8.11. The van der Waals surface area contributed by atoms with Crippen LogP contribution in [0.15, 0.2) is 0 Å². The van der Waals surface area contributed by atoms with Crippen LogP contribution in [0.2, 0.25) is 0 Å². The second-order valence-corrected chi connectivity index (χ2v) is 6.17. The van der Waals surface area contributed by atoms with Gasteiger partial charge in [0.2, 0.25) is 0 Å². The zero-order valence-electron chi connectivity index (χ0n) is 11.6. The van der Waals surface area contributed by atoms with Crippen LogP contribution in [0.5, 0.6) is 0 Å². The molecule has 0 bridgehead atoms. The first-order valence-corrected chi connectivity index (χ1v) is 7.19. The van der Waals surface area contributed by atoms with Crippen LogP contribution in [0.25, 0.3) is 0 Å². The van der Waals surface area contributed by atoms with E-state index in [-0.39, 0.29) is 0 Å². The van der Waals surface area contributed by atoms with E-state index < -0.39 is 0 Å². The fourth-order valence-corrected chi connectivity index (χ4v) is 3.49. The number of hydrogen-bond acceptors (Lipinski definition) is 3. The number of nitrogens with zero attached hydrogens (tertiary/aromatic N) is 1. The van der Waals surface area contributed by atoms with Gasteiger partial charge in [0, 0.05) is 18.6 Å². The largest absolute Gasteiger partial charge is 0.376 e. The molecular formula is C14H28N2O. The van der Waals surface area contributed by atoms with Gasteiger partial charge in [-0.15, -0.1) is 0 Å². The molecule has 3 heteroatoms. The van der Waals surface area contributed by atoms with Gasteiger partial charge < -0.3 is 10.5 Å². The van der Waals surface area contributed by atoms with E-state index in [9.17, 15) is 0 Å². The minimum Gasteiger partial charge on any atom is -0.376 e. The molecule has 0 aromatic rings. The van der Waals surface area contributed by atoms with Crippen molar-refractivity contribution < 1.29 is 4.74 Å². The standard InChI is InChI=1S/C14H28N2O/c1-10-4-5-13(7-15)14(6-10)16-8-12(3)17-9-11(16)2/h10-14H,4-9,15H2,1-3H3. The molecule has 1 aliphatic heterocycles. The van der Waals surface area contributed by atoms with Gasteiger partial charge in [0.1, 0.15) is 0 Å². The molecule has 2 aliphatic rings. The third kappa shape index (κ3) is 3.01. The summed E-state index contributed by atoms with van der Waals surface area (Å²) < 4.78 is 5.73. The SMILES string of the molecule is CC1CCC(CN)C(N2CC(C)OCC2C)C1. The molecule has 5 unspecified atom stereocenters. The van der Waals surface area contributed by atoms with E-state index >= 15 is 0 Å². The third-order valence-electron chi connectivity index (χ3n) is 4.60. The minimum absolute atomic E-state index is 0.377. The van der Waals surface area contributed by atoms with E-state index in [0.717, 1.165) is 25.6 Å². The van der Waals surface area contributed by atoms with Gasteiger partial charge in [-0.25, -0.2) is 0 Å². The Bertz CT molecular complexity index is 246. The lowest BCUT2D eigenvalue weighted by molar-refractivity contribution is -0.0835. The van der Waals surface area contributed by atoms with Crippen molar-refractivity contribution in [3.8, 4) is 0 Å². The molecule has 17 heavy (non-hydrogen) atoms. The Labute approximate surface area is 106 Å². The highest BCUT2D eigenvalue weighted by molar-refractivity contribution is 4.90. The summed E-state index contributed by atoms with van der Waals surface area (Å²) in [4.78, 5) is 2.67. The Morgan fingerprint density at radius 1 is 1.24 bits per heavy atom. The van der Waals surface area contributed by atoms with Crippen LogP contribution >= 0.6 is 0 Å². The molecule has 1 heterocycles. The highest BCUT2D eigenvalue weighted by atomic mass is 16.5. The van der Waals surface area contributed by atoms with E-state index in [1.165, 1.54) is 19.3 Å². The lowest BCUT2D eigenvalue weighted by Gasteiger charge is -2.47. The summed E-state index contributed by atoms with van der Waals surface area (Å²) in [6.07, 6.45) is 4.36. The van der Waals surface area contributed by atoms with Crippen molar-refractivity contribution in [1.29, 1.82) is 0 Å². The number of morpholine rings is 1. The monoisotopic (exact) mass is 240 g/mol. The van der Waals surface area contributed by atoms with Crippen LogP contribution in [0.4, 0.5) is 0 Å². The van der Waals surface area contributed by atoms with Crippen LogP contribution in [-0.2, 0) is 4.74 Å². The number of hydrogen-bond donors (Lipinski definition) is 1. The van der Waals surface area contributed by atoms with Crippen molar-refractivity contribution in [2.24, 2.45) is 17.6 Å². The molecule has 1 saturated carbocycles. The molecule has 0 aromatic heterocycles. The molecule has 0 spiro atoms. The van der Waals surface area contributed by atoms with E-state index in [1.807, 2.05) is 0 Å². The molecule has 0 aromatic carbocycles. The summed E-state index contributed by atoms with van der Waals surface area (Å²) in [7, 11) is 0. The van der Waals surface area contributed by atoms with Gasteiger partial charge in [-0.1, -0.05) is 13.3 Å². The first kappa shape index (κ1) is 13.3. The summed E-state index contributed by atoms with van der Waals surface area (Å²) in [5.74, 6) is 1.55. The lowest BCUT2D eigenvalue weighted by atomic mass is 9.77. The summed E-state index contributed by atoms with van der Waals surface area (Å²) in [5.41, 5.74) is 5.97. The van der Waals surface area contributed by atoms with Crippen molar-refractivity contribution in [2.75, 3.05) is 19.7 Å². The van der Waals surface area contributed by atoms with Crippen molar-refractivity contribution in [2.45, 2.75) is 58.2 Å². The topological polar surface area (TPSA) is 38.5 Å². The fraction of sp³-hybridized carbons (Fsp3) is 1.00. The van der Waals surface area contributed by atoms with Crippen molar-refractivity contribution in [1.82, 2.24) is 4.90 Å². The Morgan fingerprint density at radius 3 is 2.71 bits per heavy atom. The molecule has 2 rings (SSSR count). The Morgan fingerprint density at radius 2 is 2.00 bits per heavy atom. The molecule has 5 atom stereocenters. The van der Waals surface area contributed by atoms with Crippen molar-refractivity contribution in [3.05, 3.63) is 0 Å². The quantitative estimate of drug-likeness (QED) is 0.800. The van der Waals surface area contributed by atoms with Gasteiger partial charge in [-0.2, -0.15) is 0 Å². The highest BCUT2D eigenvalue weighted by Crippen LogP contribution is 2.33. The van der Waals surface area contributed by atoms with Crippen LogP contribution in [0, 0.1) is 11.8 Å². The zero-order valence-corrected chi connectivity index (χ0v) is 11.6. The van der Waals surface area contributed by atoms with Gasteiger partial charge in [0.25, 0.3) is 0 Å². The average molecular weight is 240 g/mol. The van der Waals surface area contributed by atoms with Crippen LogP contribution in [0.3, 0.4) is 0 Å². The molecule has 2 fully saturated rings. The van der Waals surface area contributed by atoms with Crippen LogP contribution in [-0.4, -0.2) is 42.8 Å². The number of ether oxygens (including phenoxy) is 1. The highest BCUT2D eigenvalue weighted by Gasteiger charge is 2.36. The summed E-state index contributed by atoms with van der Waals surface area (Å²) in [6, 6.07) is 1.24. The maximum absolute atomic E-state index is 5.97.